The molecule has 0 saturated carbocycles. The summed E-state index contributed by atoms with van der Waals surface area (Å²) in [6.45, 7) is 8.92. The van der Waals surface area contributed by atoms with E-state index in [1.165, 1.54) is 6.21 Å². The second-order valence-corrected chi connectivity index (χ2v) is 3.97. The number of ether oxygens (including phenoxy) is 1. The van der Waals surface area contributed by atoms with Crippen molar-refractivity contribution in [1.82, 2.24) is 0 Å². The van der Waals surface area contributed by atoms with Crippen LogP contribution in [-0.4, -0.2) is 23.6 Å². The van der Waals surface area contributed by atoms with Crippen molar-refractivity contribution < 1.29 is 9.94 Å². The van der Waals surface area contributed by atoms with Crippen LogP contribution in [0.3, 0.4) is 0 Å². The van der Waals surface area contributed by atoms with Gasteiger partial charge in [0, 0.05) is 19.2 Å². The molecule has 0 atom stereocenters. The van der Waals surface area contributed by atoms with E-state index in [4.69, 9.17) is 9.94 Å². The van der Waals surface area contributed by atoms with Crippen LogP contribution in [-0.2, 0) is 4.74 Å². The number of nitrogens with zero attached hydrogens (tertiary/aromatic N) is 1. The Morgan fingerprint density at radius 1 is 1.50 bits per heavy atom. The molecule has 0 rings (SSSR count). The molecule has 1 N–H and O–H groups in total. The van der Waals surface area contributed by atoms with Crippen LogP contribution in [0.5, 0.6) is 0 Å². The Hall–Kier alpha value is -0.570. The van der Waals surface area contributed by atoms with E-state index in [0.717, 1.165) is 6.61 Å². The topological polar surface area (TPSA) is 41.8 Å². The van der Waals surface area contributed by atoms with Crippen molar-refractivity contribution in [1.29, 1.82) is 0 Å². The van der Waals surface area contributed by atoms with Gasteiger partial charge in [0.25, 0.3) is 0 Å². The van der Waals surface area contributed by atoms with Crippen molar-refractivity contribution in [2.45, 2.75) is 39.7 Å². The second kappa shape index (κ2) is 5.14. The molecular formula is C9H19NO2. The van der Waals surface area contributed by atoms with E-state index in [1.54, 1.807) is 0 Å². The van der Waals surface area contributed by atoms with Gasteiger partial charge in [-0.05, 0) is 19.8 Å². The molecular weight excluding hydrogens is 154 g/mol. The molecule has 0 saturated heterocycles. The molecule has 3 nitrogen and oxygen atoms in total. The maximum absolute atomic E-state index is 8.22. The fourth-order valence-electron chi connectivity index (χ4n) is 0.712. The molecule has 0 aliphatic rings. The van der Waals surface area contributed by atoms with Crippen LogP contribution in [0.4, 0.5) is 0 Å². The standard InChI is InChI=1S/C9H19NO2/c1-8(2)7-12-9(3,4)5-6-10-11/h6,8,11H,5,7H2,1-4H3. The summed E-state index contributed by atoms with van der Waals surface area (Å²) in [5, 5.41) is 11.2. The smallest absolute Gasteiger partial charge is 0.0677 e. The molecule has 0 aromatic carbocycles. The minimum absolute atomic E-state index is 0.226. The Balaban J connectivity index is 3.70. The molecule has 0 fully saturated rings. The lowest BCUT2D eigenvalue weighted by molar-refractivity contribution is -0.0247. The lowest BCUT2D eigenvalue weighted by Crippen LogP contribution is -2.26. The molecule has 0 bridgehead atoms. The Kier molecular flexibility index (Phi) is 4.90. The first-order chi connectivity index (χ1) is 5.48. The molecule has 72 valence electrons. The van der Waals surface area contributed by atoms with E-state index < -0.39 is 0 Å². The summed E-state index contributed by atoms with van der Waals surface area (Å²) in [5.74, 6) is 0.537. The summed E-state index contributed by atoms with van der Waals surface area (Å²) >= 11 is 0. The summed E-state index contributed by atoms with van der Waals surface area (Å²) in [5.41, 5.74) is -0.226. The van der Waals surface area contributed by atoms with Gasteiger partial charge in [0.1, 0.15) is 0 Å². The third-order valence-corrected chi connectivity index (χ3v) is 1.47. The fourth-order valence-corrected chi connectivity index (χ4v) is 0.712. The Labute approximate surface area is 74.4 Å². The van der Waals surface area contributed by atoms with Gasteiger partial charge in [0.05, 0.1) is 5.60 Å². The molecule has 0 spiro atoms. The van der Waals surface area contributed by atoms with Crippen LogP contribution in [0.2, 0.25) is 0 Å². The Morgan fingerprint density at radius 2 is 2.08 bits per heavy atom. The summed E-state index contributed by atoms with van der Waals surface area (Å²) in [6, 6.07) is 0. The van der Waals surface area contributed by atoms with Crippen molar-refractivity contribution in [3.05, 3.63) is 0 Å². The van der Waals surface area contributed by atoms with E-state index in [2.05, 4.69) is 19.0 Å². The highest BCUT2D eigenvalue weighted by Crippen LogP contribution is 2.14. The predicted octanol–water partition coefficient (Wildman–Crippen LogP) is 2.29. The SMILES string of the molecule is CC(C)COC(C)(C)CC=NO. The zero-order valence-electron chi connectivity index (χ0n) is 8.37. The number of oxime groups is 1. The summed E-state index contributed by atoms with van der Waals surface area (Å²) in [7, 11) is 0. The molecule has 0 aliphatic carbocycles. The van der Waals surface area contributed by atoms with Crippen molar-refractivity contribution in [3.63, 3.8) is 0 Å². The van der Waals surface area contributed by atoms with Crippen molar-refractivity contribution in [3.8, 4) is 0 Å². The highest BCUT2D eigenvalue weighted by Gasteiger charge is 2.17. The van der Waals surface area contributed by atoms with Crippen LogP contribution in [0.25, 0.3) is 0 Å². The zero-order valence-corrected chi connectivity index (χ0v) is 8.37. The molecule has 0 aromatic heterocycles. The molecule has 0 unspecified atom stereocenters. The predicted molar refractivity (Wildman–Crippen MR) is 49.8 cm³/mol. The van der Waals surface area contributed by atoms with Gasteiger partial charge in [0.15, 0.2) is 0 Å². The highest BCUT2D eigenvalue weighted by molar-refractivity contribution is 5.57. The fraction of sp³-hybridized carbons (Fsp3) is 0.889. The van der Waals surface area contributed by atoms with Crippen molar-refractivity contribution >= 4 is 6.21 Å². The third-order valence-electron chi connectivity index (χ3n) is 1.47. The minimum atomic E-state index is -0.226. The van der Waals surface area contributed by atoms with Crippen molar-refractivity contribution in [2.24, 2.45) is 11.1 Å². The number of hydrogen-bond acceptors (Lipinski definition) is 3. The van der Waals surface area contributed by atoms with Gasteiger partial charge in [-0.3, -0.25) is 0 Å². The van der Waals surface area contributed by atoms with Crippen LogP contribution < -0.4 is 0 Å². The first-order valence-electron chi connectivity index (χ1n) is 4.28. The molecule has 0 radical (unpaired) electrons. The van der Waals surface area contributed by atoms with Crippen LogP contribution in [0.1, 0.15) is 34.1 Å². The zero-order chi connectivity index (χ0) is 9.61. The van der Waals surface area contributed by atoms with Gasteiger partial charge >= 0.3 is 0 Å². The van der Waals surface area contributed by atoms with Crippen LogP contribution in [0.15, 0.2) is 5.16 Å². The minimum Gasteiger partial charge on any atom is -0.411 e. The van der Waals surface area contributed by atoms with E-state index in [0.29, 0.717) is 12.3 Å². The molecule has 12 heavy (non-hydrogen) atoms. The quantitative estimate of drug-likeness (QED) is 0.393. The maximum atomic E-state index is 8.22. The Bertz CT molecular complexity index is 141. The van der Waals surface area contributed by atoms with Gasteiger partial charge < -0.3 is 9.94 Å². The largest absolute Gasteiger partial charge is 0.411 e. The van der Waals surface area contributed by atoms with Gasteiger partial charge in [-0.1, -0.05) is 13.8 Å². The third kappa shape index (κ3) is 6.16. The summed E-state index contributed by atoms with van der Waals surface area (Å²) in [6.07, 6.45) is 2.09. The normalized spacial score (nSPS) is 13.1. The highest BCUT2D eigenvalue weighted by atomic mass is 16.5. The van der Waals surface area contributed by atoms with E-state index in [-0.39, 0.29) is 5.60 Å². The molecule has 3 heteroatoms. The van der Waals surface area contributed by atoms with Crippen molar-refractivity contribution in [2.75, 3.05) is 6.61 Å². The number of rotatable bonds is 5. The van der Waals surface area contributed by atoms with Crippen LogP contribution in [0, 0.1) is 5.92 Å². The summed E-state index contributed by atoms with van der Waals surface area (Å²) < 4.78 is 5.59. The number of hydrogen-bond donors (Lipinski definition) is 1. The molecule has 0 aliphatic heterocycles. The first-order valence-corrected chi connectivity index (χ1v) is 4.28. The lowest BCUT2D eigenvalue weighted by Gasteiger charge is -2.24. The van der Waals surface area contributed by atoms with Gasteiger partial charge in [-0.15, -0.1) is 5.16 Å². The first kappa shape index (κ1) is 11.4. The monoisotopic (exact) mass is 173 g/mol. The average molecular weight is 173 g/mol. The molecule has 0 amide bonds. The molecule has 0 heterocycles. The van der Waals surface area contributed by atoms with E-state index in [9.17, 15) is 0 Å². The summed E-state index contributed by atoms with van der Waals surface area (Å²) in [4.78, 5) is 0. The Morgan fingerprint density at radius 3 is 2.50 bits per heavy atom. The van der Waals surface area contributed by atoms with Gasteiger partial charge in [-0.25, -0.2) is 0 Å². The van der Waals surface area contributed by atoms with E-state index in [1.807, 2.05) is 13.8 Å². The van der Waals surface area contributed by atoms with Gasteiger partial charge in [-0.2, -0.15) is 0 Å². The lowest BCUT2D eigenvalue weighted by atomic mass is 10.1. The van der Waals surface area contributed by atoms with E-state index >= 15 is 0 Å². The maximum Gasteiger partial charge on any atom is 0.0677 e. The average Bonchev–Trinajstić information content (AvgIpc) is 1.98. The second-order valence-electron chi connectivity index (χ2n) is 3.97. The molecule has 0 aromatic rings. The van der Waals surface area contributed by atoms with Crippen LogP contribution >= 0.6 is 0 Å². The van der Waals surface area contributed by atoms with Gasteiger partial charge in [0.2, 0.25) is 0 Å².